The maximum Gasteiger partial charge on any atom is 0.273 e. The van der Waals surface area contributed by atoms with Crippen molar-refractivity contribution in [2.75, 3.05) is 31.1 Å². The Hall–Kier alpha value is -3.54. The number of amides is 1. The van der Waals surface area contributed by atoms with Crippen LogP contribution in [-0.2, 0) is 6.54 Å². The molecular formula is C26H26F4N6O2. The van der Waals surface area contributed by atoms with Crippen molar-refractivity contribution >= 4 is 22.6 Å². The number of fused-ring (bicyclic) bond motifs is 1. The first kappa shape index (κ1) is 24.8. The van der Waals surface area contributed by atoms with Gasteiger partial charge in [0.05, 0.1) is 23.3 Å². The quantitative estimate of drug-likeness (QED) is 0.475. The number of aromatic amines is 1. The molecule has 3 aliphatic rings. The highest BCUT2D eigenvalue weighted by atomic mass is 19.3. The van der Waals surface area contributed by atoms with Gasteiger partial charge in [0.15, 0.2) is 17.3 Å². The highest BCUT2D eigenvalue weighted by Crippen LogP contribution is 2.54. The van der Waals surface area contributed by atoms with E-state index in [1.807, 2.05) is 9.80 Å². The molecule has 0 spiro atoms. The van der Waals surface area contributed by atoms with Crippen molar-refractivity contribution in [3.8, 4) is 0 Å². The average Bonchev–Trinajstić information content (AvgIpc) is 3.51. The molecule has 1 saturated heterocycles. The summed E-state index contributed by atoms with van der Waals surface area (Å²) < 4.78 is 56.7. The molecule has 1 aromatic carbocycles. The number of anilines is 1. The van der Waals surface area contributed by atoms with E-state index in [-0.39, 0.29) is 35.0 Å². The zero-order valence-electron chi connectivity index (χ0n) is 20.4. The van der Waals surface area contributed by atoms with Crippen molar-refractivity contribution in [1.29, 1.82) is 0 Å². The molecule has 0 bridgehead atoms. The molecule has 1 amide bonds. The van der Waals surface area contributed by atoms with Crippen molar-refractivity contribution in [3.63, 3.8) is 0 Å². The number of H-pyrrole nitrogens is 1. The minimum atomic E-state index is -2.94. The topological polar surface area (TPSA) is 94.2 Å². The number of hydrogen-bond donors (Lipinski definition) is 2. The summed E-state index contributed by atoms with van der Waals surface area (Å²) in [7, 11) is 0. The summed E-state index contributed by atoms with van der Waals surface area (Å²) in [5.74, 6) is -5.97. The molecule has 1 aliphatic heterocycles. The lowest BCUT2D eigenvalue weighted by Crippen LogP contribution is -2.46. The molecular weight excluding hydrogens is 504 g/mol. The molecule has 0 unspecified atom stereocenters. The zero-order valence-corrected chi connectivity index (χ0v) is 20.4. The predicted octanol–water partition coefficient (Wildman–Crippen LogP) is 3.32. The van der Waals surface area contributed by atoms with E-state index in [1.54, 1.807) is 6.07 Å². The van der Waals surface area contributed by atoms with E-state index in [2.05, 4.69) is 20.3 Å². The average molecular weight is 531 g/mol. The number of pyridine rings is 1. The van der Waals surface area contributed by atoms with Gasteiger partial charge in [-0.05, 0) is 25.3 Å². The third-order valence-corrected chi connectivity index (χ3v) is 7.68. The van der Waals surface area contributed by atoms with E-state index in [4.69, 9.17) is 0 Å². The standard InChI is InChI=1S/C26H26F4N6O2/c27-18-10-16(12-31-22(18)25(38)32-15-2-1-3-15)36-8-6-35(7-9-36)13-14-4-5-19-23(20(14)28)34-24(37)21(33-19)17-11-26(17,29)30/h4-5,10,12,15,17H,1-3,6-9,11,13H2,(H,32,38)(H,34,37)/t17-/m0/s1. The third-order valence-electron chi connectivity index (χ3n) is 7.68. The van der Waals surface area contributed by atoms with Crippen molar-refractivity contribution in [1.82, 2.24) is 25.2 Å². The van der Waals surface area contributed by atoms with Crippen molar-refractivity contribution in [3.05, 3.63) is 63.3 Å². The minimum absolute atomic E-state index is 0.0913. The number of alkyl halides is 2. The number of benzene rings is 1. The number of nitrogens with zero attached hydrogens (tertiary/aromatic N) is 4. The van der Waals surface area contributed by atoms with Crippen LogP contribution in [0.5, 0.6) is 0 Å². The molecule has 200 valence electrons. The van der Waals surface area contributed by atoms with Crippen LogP contribution in [0.2, 0.25) is 0 Å². The molecule has 3 fully saturated rings. The second-order valence-corrected chi connectivity index (χ2v) is 10.3. The Morgan fingerprint density at radius 3 is 2.53 bits per heavy atom. The van der Waals surface area contributed by atoms with Crippen molar-refractivity contribution in [2.45, 2.75) is 50.1 Å². The Labute approximate surface area is 215 Å². The number of piperazine rings is 1. The molecule has 2 aliphatic carbocycles. The number of nitrogens with one attached hydrogen (secondary N) is 2. The minimum Gasteiger partial charge on any atom is -0.368 e. The molecule has 3 heterocycles. The maximum absolute atomic E-state index is 15.2. The number of aromatic nitrogens is 3. The molecule has 38 heavy (non-hydrogen) atoms. The van der Waals surface area contributed by atoms with Crippen LogP contribution in [0.25, 0.3) is 11.0 Å². The largest absolute Gasteiger partial charge is 0.368 e. The maximum atomic E-state index is 15.2. The molecule has 2 aromatic heterocycles. The normalized spacial score (nSPS) is 21.4. The number of carbonyl (C=O) groups is 1. The fraction of sp³-hybridized carbons (Fsp3) is 0.462. The van der Waals surface area contributed by atoms with Crippen LogP contribution < -0.4 is 15.8 Å². The highest BCUT2D eigenvalue weighted by Gasteiger charge is 2.59. The van der Waals surface area contributed by atoms with Gasteiger partial charge in [0, 0.05) is 56.8 Å². The Morgan fingerprint density at radius 2 is 1.89 bits per heavy atom. The lowest BCUT2D eigenvalue weighted by molar-refractivity contribution is 0.0907. The molecule has 0 radical (unpaired) electrons. The summed E-state index contributed by atoms with van der Waals surface area (Å²) >= 11 is 0. The molecule has 3 aromatic rings. The fourth-order valence-corrected chi connectivity index (χ4v) is 5.03. The van der Waals surface area contributed by atoms with Crippen LogP contribution in [0, 0.1) is 11.6 Å². The molecule has 2 N–H and O–H groups in total. The molecule has 12 heteroatoms. The van der Waals surface area contributed by atoms with Crippen molar-refractivity contribution in [2.24, 2.45) is 0 Å². The Kier molecular flexibility index (Phi) is 6.09. The first-order valence-corrected chi connectivity index (χ1v) is 12.7. The zero-order chi connectivity index (χ0) is 26.6. The monoisotopic (exact) mass is 530 g/mol. The van der Waals surface area contributed by atoms with Gasteiger partial charge in [-0.15, -0.1) is 0 Å². The lowest BCUT2D eigenvalue weighted by Gasteiger charge is -2.36. The fourth-order valence-electron chi connectivity index (χ4n) is 5.03. The Morgan fingerprint density at radius 1 is 1.16 bits per heavy atom. The highest BCUT2D eigenvalue weighted by molar-refractivity contribution is 5.93. The van der Waals surface area contributed by atoms with E-state index in [0.717, 1.165) is 19.3 Å². The SMILES string of the molecule is O=C(NC1CCC1)c1ncc(N2CCN(Cc3ccc4nc([C@@H]5CC5(F)F)c(=O)[nH]c4c3F)CC2)cc1F. The molecule has 6 rings (SSSR count). The number of rotatable bonds is 6. The summed E-state index contributed by atoms with van der Waals surface area (Å²) in [6, 6.07) is 4.49. The van der Waals surface area contributed by atoms with E-state index in [0.29, 0.717) is 37.4 Å². The number of carbonyl (C=O) groups excluding carboxylic acids is 1. The van der Waals surface area contributed by atoms with Gasteiger partial charge in [0.25, 0.3) is 17.4 Å². The van der Waals surface area contributed by atoms with E-state index in [1.165, 1.54) is 18.3 Å². The summed E-state index contributed by atoms with van der Waals surface area (Å²) in [5, 5.41) is 2.79. The van der Waals surface area contributed by atoms with E-state index in [9.17, 15) is 22.8 Å². The summed E-state index contributed by atoms with van der Waals surface area (Å²) in [6.45, 7) is 2.48. The Balaban J connectivity index is 1.10. The van der Waals surface area contributed by atoms with Gasteiger partial charge >= 0.3 is 0 Å². The smallest absolute Gasteiger partial charge is 0.273 e. The van der Waals surface area contributed by atoms with Crippen LogP contribution in [0.4, 0.5) is 23.2 Å². The Bertz CT molecular complexity index is 1470. The molecule has 1 atom stereocenters. The van der Waals surface area contributed by atoms with Crippen LogP contribution in [0.15, 0.2) is 29.2 Å². The van der Waals surface area contributed by atoms with Gasteiger partial charge in [-0.1, -0.05) is 6.07 Å². The van der Waals surface area contributed by atoms with Crippen LogP contribution >= 0.6 is 0 Å². The lowest BCUT2D eigenvalue weighted by atomic mass is 9.93. The van der Waals surface area contributed by atoms with Crippen LogP contribution in [-0.4, -0.2) is 63.9 Å². The van der Waals surface area contributed by atoms with E-state index < -0.39 is 41.4 Å². The summed E-state index contributed by atoms with van der Waals surface area (Å²) in [4.78, 5) is 39.0. The van der Waals surface area contributed by atoms with Gasteiger partial charge in [0.1, 0.15) is 11.2 Å². The first-order valence-electron chi connectivity index (χ1n) is 12.7. The number of halogens is 4. The number of hydrogen-bond acceptors (Lipinski definition) is 6. The van der Waals surface area contributed by atoms with Gasteiger partial charge in [-0.25, -0.2) is 27.5 Å². The molecule has 2 saturated carbocycles. The summed E-state index contributed by atoms with van der Waals surface area (Å²) in [5.41, 5.74) is -0.311. The molecule has 8 nitrogen and oxygen atoms in total. The van der Waals surface area contributed by atoms with Gasteiger partial charge < -0.3 is 15.2 Å². The van der Waals surface area contributed by atoms with E-state index >= 15 is 4.39 Å². The van der Waals surface area contributed by atoms with Gasteiger partial charge in [0.2, 0.25) is 0 Å². The van der Waals surface area contributed by atoms with Gasteiger partial charge in [-0.3, -0.25) is 14.5 Å². The van der Waals surface area contributed by atoms with Crippen molar-refractivity contribution < 1.29 is 22.4 Å². The second kappa shape index (κ2) is 9.33. The van der Waals surface area contributed by atoms with Crippen LogP contribution in [0.1, 0.15) is 53.3 Å². The second-order valence-electron chi connectivity index (χ2n) is 10.3. The predicted molar refractivity (Wildman–Crippen MR) is 131 cm³/mol. The first-order chi connectivity index (χ1) is 18.2. The summed E-state index contributed by atoms with van der Waals surface area (Å²) in [6.07, 6.45) is 3.92. The van der Waals surface area contributed by atoms with Gasteiger partial charge in [-0.2, -0.15) is 0 Å². The van der Waals surface area contributed by atoms with Crippen LogP contribution in [0.3, 0.4) is 0 Å². The third kappa shape index (κ3) is 4.61.